The van der Waals surface area contributed by atoms with E-state index in [4.69, 9.17) is 5.73 Å². The quantitative estimate of drug-likeness (QED) is 0.571. The van der Waals surface area contributed by atoms with Crippen LogP contribution in [0.1, 0.15) is 6.42 Å². The Bertz CT molecular complexity index is 357. The van der Waals surface area contributed by atoms with Crippen LogP contribution >= 0.6 is 0 Å². The van der Waals surface area contributed by atoms with Gasteiger partial charge in [0.1, 0.15) is 0 Å². The van der Waals surface area contributed by atoms with Gasteiger partial charge < -0.3 is 5.73 Å². The highest BCUT2D eigenvalue weighted by molar-refractivity contribution is 5.49. The van der Waals surface area contributed by atoms with Gasteiger partial charge in [0.2, 0.25) is 0 Å². The molecule has 2 N–H and O–H groups in total. The van der Waals surface area contributed by atoms with Gasteiger partial charge in [0.25, 0.3) is 0 Å². The molecule has 0 aromatic carbocycles. The van der Waals surface area contributed by atoms with E-state index in [1.54, 1.807) is 0 Å². The molecule has 1 nitrogen and oxygen atoms in total. The van der Waals surface area contributed by atoms with Crippen LogP contribution < -0.4 is 5.73 Å². The fourth-order valence-electron chi connectivity index (χ4n) is 2.49. The molecular weight excluding hydrogens is 146 g/mol. The van der Waals surface area contributed by atoms with Gasteiger partial charge in [0.05, 0.1) is 0 Å². The van der Waals surface area contributed by atoms with Gasteiger partial charge in [-0.15, -0.1) is 0 Å². The summed E-state index contributed by atoms with van der Waals surface area (Å²) in [6.07, 6.45) is 14.3. The predicted octanol–water partition coefficient (Wildman–Crippen LogP) is 1.90. The lowest BCUT2D eigenvalue weighted by Crippen LogP contribution is -2.30. The minimum absolute atomic E-state index is 0.143. The molecule has 2 atom stereocenters. The number of hydrogen-bond donors (Lipinski definition) is 1. The molecule has 0 radical (unpaired) electrons. The maximum Gasteiger partial charge on any atom is 0.0418 e. The summed E-state index contributed by atoms with van der Waals surface area (Å²) in [6, 6.07) is 0. The standard InChI is InChI=1S/C11H11N/c12-10-3-1-2-9-6-8-4-5-11(9,10)7-8/h1-6,9H,7,12H2. The Morgan fingerprint density at radius 3 is 3.17 bits per heavy atom. The number of hydrogen-bond acceptors (Lipinski definition) is 1. The minimum atomic E-state index is 0.143. The van der Waals surface area contributed by atoms with Crippen molar-refractivity contribution in [2.75, 3.05) is 0 Å². The van der Waals surface area contributed by atoms with E-state index < -0.39 is 0 Å². The second-order valence-corrected chi connectivity index (χ2v) is 3.82. The van der Waals surface area contributed by atoms with E-state index in [9.17, 15) is 0 Å². The lowest BCUT2D eigenvalue weighted by Gasteiger charge is -2.32. The van der Waals surface area contributed by atoms with Crippen molar-refractivity contribution in [3.8, 4) is 0 Å². The van der Waals surface area contributed by atoms with Crippen LogP contribution in [0.15, 0.2) is 47.7 Å². The second-order valence-electron chi connectivity index (χ2n) is 3.82. The van der Waals surface area contributed by atoms with E-state index in [1.165, 1.54) is 5.57 Å². The first kappa shape index (κ1) is 6.30. The zero-order chi connectivity index (χ0) is 8.18. The van der Waals surface area contributed by atoms with E-state index in [0.29, 0.717) is 5.92 Å². The molecular formula is C11H11N. The summed E-state index contributed by atoms with van der Waals surface area (Å²) in [7, 11) is 0. The molecule has 2 unspecified atom stereocenters. The van der Waals surface area contributed by atoms with Crippen LogP contribution in [0.3, 0.4) is 0 Å². The summed E-state index contributed by atoms with van der Waals surface area (Å²) in [4.78, 5) is 0. The van der Waals surface area contributed by atoms with Crippen molar-refractivity contribution in [2.24, 2.45) is 17.1 Å². The van der Waals surface area contributed by atoms with Gasteiger partial charge in [-0.2, -0.15) is 0 Å². The summed E-state index contributed by atoms with van der Waals surface area (Å²) >= 11 is 0. The first-order valence-corrected chi connectivity index (χ1v) is 4.36. The molecule has 0 heterocycles. The second kappa shape index (κ2) is 1.74. The molecule has 2 bridgehead atoms. The molecule has 0 aliphatic heterocycles. The van der Waals surface area contributed by atoms with E-state index in [2.05, 4.69) is 30.4 Å². The molecule has 1 spiro atoms. The first-order valence-electron chi connectivity index (χ1n) is 4.36. The Kier molecular flexibility index (Phi) is 0.912. The van der Waals surface area contributed by atoms with E-state index in [0.717, 1.165) is 12.1 Å². The van der Waals surface area contributed by atoms with Crippen molar-refractivity contribution >= 4 is 0 Å². The molecule has 3 rings (SSSR count). The van der Waals surface area contributed by atoms with Crippen molar-refractivity contribution in [1.29, 1.82) is 0 Å². The zero-order valence-electron chi connectivity index (χ0n) is 6.83. The predicted molar refractivity (Wildman–Crippen MR) is 49.2 cm³/mol. The monoisotopic (exact) mass is 157 g/mol. The molecule has 0 aromatic rings. The van der Waals surface area contributed by atoms with Crippen molar-refractivity contribution in [3.63, 3.8) is 0 Å². The van der Waals surface area contributed by atoms with Gasteiger partial charge >= 0.3 is 0 Å². The fraction of sp³-hybridized carbons (Fsp3) is 0.273. The van der Waals surface area contributed by atoms with Crippen LogP contribution in [-0.2, 0) is 0 Å². The van der Waals surface area contributed by atoms with Crippen molar-refractivity contribution in [1.82, 2.24) is 0 Å². The van der Waals surface area contributed by atoms with E-state index >= 15 is 0 Å². The summed E-state index contributed by atoms with van der Waals surface area (Å²) < 4.78 is 0. The van der Waals surface area contributed by atoms with Crippen LogP contribution in [0.2, 0.25) is 0 Å². The van der Waals surface area contributed by atoms with Gasteiger partial charge in [-0.05, 0) is 12.5 Å². The maximum atomic E-state index is 6.02. The maximum absolute atomic E-state index is 6.02. The number of fused-ring (bicyclic) bond motifs is 1. The molecule has 12 heavy (non-hydrogen) atoms. The summed E-state index contributed by atoms with van der Waals surface area (Å²) in [5.41, 5.74) is 8.63. The van der Waals surface area contributed by atoms with Crippen molar-refractivity contribution in [2.45, 2.75) is 6.42 Å². The fourth-order valence-corrected chi connectivity index (χ4v) is 2.49. The van der Waals surface area contributed by atoms with Crippen LogP contribution in [0.4, 0.5) is 0 Å². The van der Waals surface area contributed by atoms with Gasteiger partial charge in [-0.1, -0.05) is 36.0 Å². The highest BCUT2D eigenvalue weighted by Crippen LogP contribution is 2.53. The molecule has 3 aliphatic carbocycles. The van der Waals surface area contributed by atoms with Crippen LogP contribution in [0, 0.1) is 11.3 Å². The summed E-state index contributed by atoms with van der Waals surface area (Å²) in [6.45, 7) is 0. The van der Waals surface area contributed by atoms with E-state index in [1.807, 2.05) is 6.08 Å². The average Bonchev–Trinajstić information content (AvgIpc) is 2.61. The molecule has 0 saturated carbocycles. The highest BCUT2D eigenvalue weighted by atomic mass is 14.7. The Hall–Kier alpha value is -1.24. The normalized spacial score (nSPS) is 41.2. The van der Waals surface area contributed by atoms with Crippen molar-refractivity contribution in [3.05, 3.63) is 47.7 Å². The molecule has 0 saturated heterocycles. The molecule has 0 amide bonds. The van der Waals surface area contributed by atoms with Crippen molar-refractivity contribution < 1.29 is 0 Å². The minimum Gasteiger partial charge on any atom is -0.401 e. The number of allylic oxidation sites excluding steroid dienone is 7. The highest BCUT2D eigenvalue weighted by Gasteiger charge is 2.45. The topological polar surface area (TPSA) is 26.0 Å². The molecule has 60 valence electrons. The number of rotatable bonds is 0. The van der Waals surface area contributed by atoms with Gasteiger partial charge in [-0.3, -0.25) is 0 Å². The summed E-state index contributed by atoms with van der Waals surface area (Å²) in [5.74, 6) is 0.530. The molecule has 0 fully saturated rings. The lowest BCUT2D eigenvalue weighted by atomic mass is 9.73. The lowest BCUT2D eigenvalue weighted by molar-refractivity contribution is 0.416. The third kappa shape index (κ3) is 0.523. The van der Waals surface area contributed by atoms with Gasteiger partial charge in [-0.25, -0.2) is 0 Å². The SMILES string of the molecule is NC1=CC=CC2C=C3C=CC12C3. The van der Waals surface area contributed by atoms with Gasteiger partial charge in [0.15, 0.2) is 0 Å². The van der Waals surface area contributed by atoms with Gasteiger partial charge in [0, 0.05) is 17.0 Å². The Morgan fingerprint density at radius 2 is 2.42 bits per heavy atom. The third-order valence-corrected chi connectivity index (χ3v) is 3.21. The average molecular weight is 157 g/mol. The van der Waals surface area contributed by atoms with E-state index in [-0.39, 0.29) is 5.41 Å². The third-order valence-electron chi connectivity index (χ3n) is 3.21. The Labute approximate surface area is 72.0 Å². The van der Waals surface area contributed by atoms with Crippen LogP contribution in [0.25, 0.3) is 0 Å². The molecule has 1 heteroatoms. The molecule has 0 aromatic heterocycles. The number of nitrogens with two attached hydrogens (primary N) is 1. The largest absolute Gasteiger partial charge is 0.401 e. The molecule has 3 aliphatic rings. The Morgan fingerprint density at radius 1 is 1.50 bits per heavy atom. The van der Waals surface area contributed by atoms with Crippen LogP contribution in [0.5, 0.6) is 0 Å². The van der Waals surface area contributed by atoms with Crippen LogP contribution in [-0.4, -0.2) is 0 Å². The first-order chi connectivity index (χ1) is 5.81. The summed E-state index contributed by atoms with van der Waals surface area (Å²) in [5, 5.41) is 0. The smallest absolute Gasteiger partial charge is 0.0418 e. The zero-order valence-corrected chi connectivity index (χ0v) is 6.83. The Balaban J connectivity index is 2.21.